The number of nitrogens with zero attached hydrogens (tertiary/aromatic N) is 4. The van der Waals surface area contributed by atoms with E-state index in [1.807, 2.05) is 35.7 Å². The Morgan fingerprint density at radius 3 is 2.73 bits per heavy atom. The molecule has 0 radical (unpaired) electrons. The lowest BCUT2D eigenvalue weighted by Gasteiger charge is -2.07. The molecule has 0 spiro atoms. The van der Waals surface area contributed by atoms with Crippen molar-refractivity contribution in [2.24, 2.45) is 4.99 Å². The Morgan fingerprint density at radius 1 is 1.20 bits per heavy atom. The van der Waals surface area contributed by atoms with Crippen LogP contribution in [0.5, 0.6) is 11.5 Å². The highest BCUT2D eigenvalue weighted by molar-refractivity contribution is 5.85. The van der Waals surface area contributed by atoms with Crippen molar-refractivity contribution >= 4 is 23.4 Å². The van der Waals surface area contributed by atoms with Gasteiger partial charge in [0.05, 0.1) is 11.5 Å². The van der Waals surface area contributed by atoms with E-state index in [0.717, 1.165) is 16.8 Å². The zero-order chi connectivity index (χ0) is 21.1. The summed E-state index contributed by atoms with van der Waals surface area (Å²) in [6.07, 6.45) is 3.49. The van der Waals surface area contributed by atoms with Gasteiger partial charge in [0.1, 0.15) is 11.3 Å². The smallest absolute Gasteiger partial charge is 0.269 e. The first-order chi connectivity index (χ1) is 14.6. The molecule has 0 saturated carbocycles. The van der Waals surface area contributed by atoms with Crippen LogP contribution in [0.4, 0.5) is 11.5 Å². The average molecular weight is 402 g/mol. The van der Waals surface area contributed by atoms with Crippen LogP contribution in [0.1, 0.15) is 12.5 Å². The summed E-state index contributed by atoms with van der Waals surface area (Å²) in [7, 11) is 0. The largest absolute Gasteiger partial charge is 0.504 e. The number of ether oxygens (including phenoxy) is 1. The monoisotopic (exact) mass is 402 g/mol. The summed E-state index contributed by atoms with van der Waals surface area (Å²) in [6.45, 7) is 2.27. The van der Waals surface area contributed by atoms with Crippen LogP contribution in [0.25, 0.3) is 16.9 Å². The van der Waals surface area contributed by atoms with Gasteiger partial charge in [-0.15, -0.1) is 0 Å². The SMILES string of the molecule is CCOc1cc(-c2nc3ccccn3c2N=Cc2ccc([N+](=O)[O-])cc2)ccc1O. The second-order valence-corrected chi connectivity index (χ2v) is 6.44. The molecule has 0 fully saturated rings. The molecule has 4 rings (SSSR count). The number of aliphatic imine (C=N–C) groups is 1. The van der Waals surface area contributed by atoms with Gasteiger partial charge in [0.25, 0.3) is 5.69 Å². The molecule has 0 saturated heterocycles. The number of nitro groups is 1. The maximum absolute atomic E-state index is 10.8. The van der Waals surface area contributed by atoms with Crippen LogP contribution in [0.3, 0.4) is 0 Å². The number of rotatable bonds is 6. The first kappa shape index (κ1) is 19.1. The standard InChI is InChI=1S/C22H18N4O4/c1-2-30-19-13-16(8-11-18(19)27)21-22(25-12-4-3-5-20(25)24-21)23-14-15-6-9-17(10-7-15)26(28)29/h3-14,27H,2H2,1H3. The molecule has 1 N–H and O–H groups in total. The van der Waals surface area contributed by atoms with E-state index < -0.39 is 4.92 Å². The van der Waals surface area contributed by atoms with Crippen molar-refractivity contribution in [3.63, 3.8) is 0 Å². The number of hydrogen-bond acceptors (Lipinski definition) is 6. The van der Waals surface area contributed by atoms with E-state index in [-0.39, 0.29) is 11.4 Å². The number of imidazole rings is 1. The molecule has 0 aliphatic heterocycles. The van der Waals surface area contributed by atoms with Crippen molar-refractivity contribution in [1.29, 1.82) is 0 Å². The lowest BCUT2D eigenvalue weighted by molar-refractivity contribution is -0.384. The molecule has 4 aromatic rings. The van der Waals surface area contributed by atoms with E-state index in [2.05, 4.69) is 9.98 Å². The highest BCUT2D eigenvalue weighted by Crippen LogP contribution is 2.36. The third-order valence-electron chi connectivity index (χ3n) is 4.48. The third kappa shape index (κ3) is 3.70. The molecule has 0 amide bonds. The summed E-state index contributed by atoms with van der Waals surface area (Å²) in [5.41, 5.74) is 2.83. The van der Waals surface area contributed by atoms with Gasteiger partial charge in [-0.05, 0) is 55.0 Å². The molecular formula is C22H18N4O4. The van der Waals surface area contributed by atoms with Gasteiger partial charge in [0.2, 0.25) is 0 Å². The van der Waals surface area contributed by atoms with Crippen LogP contribution in [0.15, 0.2) is 71.9 Å². The fraction of sp³-hybridized carbons (Fsp3) is 0.0909. The van der Waals surface area contributed by atoms with Gasteiger partial charge in [0, 0.05) is 30.1 Å². The normalized spacial score (nSPS) is 11.2. The molecule has 8 nitrogen and oxygen atoms in total. The Labute approximate surface area is 171 Å². The van der Waals surface area contributed by atoms with Gasteiger partial charge >= 0.3 is 0 Å². The van der Waals surface area contributed by atoms with Crippen LogP contribution in [0, 0.1) is 10.1 Å². The number of pyridine rings is 1. The molecule has 2 heterocycles. The molecule has 2 aromatic heterocycles. The number of phenolic OH excluding ortho intramolecular Hbond substituents is 1. The first-order valence-corrected chi connectivity index (χ1v) is 9.28. The highest BCUT2D eigenvalue weighted by atomic mass is 16.6. The minimum atomic E-state index is -0.440. The number of aromatic hydroxyl groups is 1. The van der Waals surface area contributed by atoms with Crippen molar-refractivity contribution in [3.8, 4) is 22.8 Å². The number of hydrogen-bond donors (Lipinski definition) is 1. The summed E-state index contributed by atoms with van der Waals surface area (Å²) in [5, 5.41) is 20.8. The van der Waals surface area contributed by atoms with Crippen LogP contribution in [-0.4, -0.2) is 32.2 Å². The molecule has 8 heteroatoms. The Morgan fingerprint density at radius 2 is 2.00 bits per heavy atom. The zero-order valence-electron chi connectivity index (χ0n) is 16.1. The van der Waals surface area contributed by atoms with Crippen molar-refractivity contribution in [1.82, 2.24) is 9.38 Å². The highest BCUT2D eigenvalue weighted by Gasteiger charge is 2.15. The van der Waals surface area contributed by atoms with E-state index in [1.54, 1.807) is 36.5 Å². The van der Waals surface area contributed by atoms with Gasteiger partial charge in [0.15, 0.2) is 17.3 Å². The topological polar surface area (TPSA) is 102 Å². The fourth-order valence-corrected chi connectivity index (χ4v) is 3.05. The number of non-ortho nitro benzene ring substituents is 1. The van der Waals surface area contributed by atoms with E-state index in [0.29, 0.717) is 23.9 Å². The molecule has 0 unspecified atom stereocenters. The Hall–Kier alpha value is -4.20. The predicted molar refractivity (Wildman–Crippen MR) is 114 cm³/mol. The lowest BCUT2D eigenvalue weighted by Crippen LogP contribution is -1.92. The quantitative estimate of drug-likeness (QED) is 0.284. The van der Waals surface area contributed by atoms with E-state index in [4.69, 9.17) is 4.74 Å². The van der Waals surface area contributed by atoms with Crippen molar-refractivity contribution in [2.45, 2.75) is 6.92 Å². The lowest BCUT2D eigenvalue weighted by atomic mass is 10.1. The number of aromatic nitrogens is 2. The minimum Gasteiger partial charge on any atom is -0.504 e. The maximum Gasteiger partial charge on any atom is 0.269 e. The number of benzene rings is 2. The summed E-state index contributed by atoms with van der Waals surface area (Å²) in [4.78, 5) is 19.7. The molecule has 0 atom stereocenters. The maximum atomic E-state index is 10.8. The van der Waals surface area contributed by atoms with Gasteiger partial charge in [-0.1, -0.05) is 6.07 Å². The van der Waals surface area contributed by atoms with Crippen molar-refractivity contribution in [2.75, 3.05) is 6.61 Å². The fourth-order valence-electron chi connectivity index (χ4n) is 3.05. The zero-order valence-corrected chi connectivity index (χ0v) is 16.1. The third-order valence-corrected chi connectivity index (χ3v) is 4.48. The second kappa shape index (κ2) is 8.04. The molecule has 150 valence electrons. The van der Waals surface area contributed by atoms with Gasteiger partial charge in [-0.2, -0.15) is 0 Å². The number of nitro benzene ring substituents is 1. The Kier molecular flexibility index (Phi) is 5.13. The Balaban J connectivity index is 1.79. The summed E-state index contributed by atoms with van der Waals surface area (Å²) in [6, 6.07) is 16.8. The molecule has 0 aliphatic carbocycles. The predicted octanol–water partition coefficient (Wildman–Crippen LogP) is 4.76. The van der Waals surface area contributed by atoms with Gasteiger partial charge < -0.3 is 9.84 Å². The Bertz CT molecular complexity index is 1250. The van der Waals surface area contributed by atoms with Crippen LogP contribution in [0.2, 0.25) is 0 Å². The van der Waals surface area contributed by atoms with Gasteiger partial charge in [-0.3, -0.25) is 14.5 Å². The van der Waals surface area contributed by atoms with Gasteiger partial charge in [-0.25, -0.2) is 9.98 Å². The summed E-state index contributed by atoms with van der Waals surface area (Å²) >= 11 is 0. The molecule has 0 aliphatic rings. The van der Waals surface area contributed by atoms with Crippen LogP contribution < -0.4 is 4.74 Å². The van der Waals surface area contributed by atoms with E-state index >= 15 is 0 Å². The number of phenols is 1. The molecule has 30 heavy (non-hydrogen) atoms. The van der Waals surface area contributed by atoms with Crippen LogP contribution >= 0.6 is 0 Å². The van der Waals surface area contributed by atoms with Crippen molar-refractivity contribution < 1.29 is 14.8 Å². The van der Waals surface area contributed by atoms with E-state index in [1.165, 1.54) is 12.1 Å². The molecule has 0 bridgehead atoms. The van der Waals surface area contributed by atoms with Crippen molar-refractivity contribution in [3.05, 3.63) is 82.5 Å². The molecule has 2 aromatic carbocycles. The average Bonchev–Trinajstić information content (AvgIpc) is 3.13. The summed E-state index contributed by atoms with van der Waals surface area (Å²) < 4.78 is 7.35. The minimum absolute atomic E-state index is 0.0233. The molecular weight excluding hydrogens is 384 g/mol. The summed E-state index contributed by atoms with van der Waals surface area (Å²) in [5.74, 6) is 1.02. The number of fused-ring (bicyclic) bond motifs is 1. The second-order valence-electron chi connectivity index (χ2n) is 6.44. The first-order valence-electron chi connectivity index (χ1n) is 9.28. The van der Waals surface area contributed by atoms with Crippen LogP contribution in [-0.2, 0) is 0 Å². The van der Waals surface area contributed by atoms with E-state index in [9.17, 15) is 15.2 Å².